The molecular formula is C48H48N4O6. The third-order valence-corrected chi connectivity index (χ3v) is 13.4. The summed E-state index contributed by atoms with van der Waals surface area (Å²) in [6.07, 6.45) is 10.1. The molecule has 4 heterocycles. The van der Waals surface area contributed by atoms with Crippen molar-refractivity contribution in [3.63, 3.8) is 0 Å². The third kappa shape index (κ3) is 5.13. The van der Waals surface area contributed by atoms with E-state index in [-0.39, 0.29) is 5.69 Å². The first-order chi connectivity index (χ1) is 28.1. The Morgan fingerprint density at radius 2 is 1.14 bits per heavy atom. The van der Waals surface area contributed by atoms with Crippen LogP contribution in [0.25, 0.3) is 12.2 Å². The van der Waals surface area contributed by atoms with Crippen LogP contribution in [0.1, 0.15) is 73.9 Å². The largest absolute Gasteiger partial charge is 0.493 e. The first-order valence-corrected chi connectivity index (χ1v) is 19.9. The molecule has 0 fully saturated rings. The summed E-state index contributed by atoms with van der Waals surface area (Å²) in [4.78, 5) is 16.3. The molecule has 0 bridgehead atoms. The standard InChI is InChI=1S/C48H48N4O6/c1-7-45(3)37-13-9-11-15-39(37)51(47(45)23-21-33-25-35(49-53)27-41(55-5)43(33)57-47)29-31-17-19-32(20-18-31)30-52-40-16-12-10-14-38(40)46(4,8-2)48(52)24-22-34-26-36(50-54)28-42(56-6)44(34)58-48/h9-28,49,53H,7-8,29-30H2,1-6H3. The maximum absolute atomic E-state index is 11.5. The third-order valence-electron chi connectivity index (χ3n) is 13.4. The Kier molecular flexibility index (Phi) is 8.81. The molecule has 9 rings (SSSR count). The number of benzene rings is 5. The van der Waals surface area contributed by atoms with Crippen molar-refractivity contribution in [3.05, 3.63) is 148 Å². The van der Waals surface area contributed by atoms with Crippen molar-refractivity contribution in [3.8, 4) is 23.0 Å². The quantitative estimate of drug-likeness (QED) is 0.106. The minimum absolute atomic E-state index is 0.289. The van der Waals surface area contributed by atoms with E-state index in [1.54, 1.807) is 32.4 Å². The molecule has 0 amide bonds. The van der Waals surface area contributed by atoms with Gasteiger partial charge in [0.25, 0.3) is 0 Å². The molecule has 2 spiro atoms. The highest BCUT2D eigenvalue weighted by atomic mass is 16.6. The zero-order valence-electron chi connectivity index (χ0n) is 33.7. The van der Waals surface area contributed by atoms with Crippen LogP contribution >= 0.6 is 0 Å². The van der Waals surface area contributed by atoms with Gasteiger partial charge in [0.05, 0.1) is 30.7 Å². The Labute approximate surface area is 339 Å². The van der Waals surface area contributed by atoms with Crippen molar-refractivity contribution in [2.45, 2.75) is 75.9 Å². The summed E-state index contributed by atoms with van der Waals surface area (Å²) in [6.45, 7) is 10.1. The van der Waals surface area contributed by atoms with Crippen LogP contribution in [0.15, 0.2) is 114 Å². The maximum Gasteiger partial charge on any atom is 0.212 e. The second-order valence-electron chi connectivity index (χ2n) is 16.0. The summed E-state index contributed by atoms with van der Waals surface area (Å²) >= 11 is 0. The van der Waals surface area contributed by atoms with E-state index in [0.29, 0.717) is 41.8 Å². The second kappa shape index (κ2) is 13.7. The normalized spacial score (nSPS) is 24.5. The van der Waals surface area contributed by atoms with Gasteiger partial charge >= 0.3 is 0 Å². The van der Waals surface area contributed by atoms with Gasteiger partial charge in [0.15, 0.2) is 23.0 Å². The van der Waals surface area contributed by atoms with E-state index in [9.17, 15) is 10.1 Å². The second-order valence-corrected chi connectivity index (χ2v) is 16.0. The summed E-state index contributed by atoms with van der Waals surface area (Å²) < 4.78 is 26.0. The first kappa shape index (κ1) is 37.3. The van der Waals surface area contributed by atoms with Crippen LogP contribution in [0.5, 0.6) is 23.0 Å². The first-order valence-electron chi connectivity index (χ1n) is 19.9. The van der Waals surface area contributed by atoms with Crippen LogP contribution in [0.3, 0.4) is 0 Å². The minimum Gasteiger partial charge on any atom is -0.493 e. The number of nitrogens with zero attached hydrogens (tertiary/aromatic N) is 3. The Balaban J connectivity index is 1.08. The highest BCUT2D eigenvalue weighted by Crippen LogP contribution is 2.60. The fraction of sp³-hybridized carbons (Fsp3) is 0.292. The number of hydrogen-bond acceptors (Lipinski definition) is 10. The molecule has 0 aliphatic carbocycles. The van der Waals surface area contributed by atoms with Gasteiger partial charge in [-0.05, 0) is 103 Å². The van der Waals surface area contributed by atoms with Gasteiger partial charge in [0.1, 0.15) is 5.69 Å². The smallest absolute Gasteiger partial charge is 0.212 e. The molecule has 10 nitrogen and oxygen atoms in total. The predicted molar refractivity (Wildman–Crippen MR) is 229 cm³/mol. The molecule has 58 heavy (non-hydrogen) atoms. The van der Waals surface area contributed by atoms with E-state index < -0.39 is 22.3 Å². The number of anilines is 3. The fourth-order valence-electron chi connectivity index (χ4n) is 9.89. The monoisotopic (exact) mass is 776 g/mol. The summed E-state index contributed by atoms with van der Waals surface area (Å²) in [5.41, 5.74) is 9.02. The van der Waals surface area contributed by atoms with Gasteiger partial charge in [-0.15, -0.1) is 4.91 Å². The Morgan fingerprint density at radius 1 is 0.672 bits per heavy atom. The zero-order valence-corrected chi connectivity index (χ0v) is 33.7. The van der Waals surface area contributed by atoms with Crippen LogP contribution < -0.4 is 34.2 Å². The number of rotatable bonds is 10. The molecule has 4 atom stereocenters. The van der Waals surface area contributed by atoms with Crippen molar-refractivity contribution in [2.24, 2.45) is 5.18 Å². The minimum atomic E-state index is -0.882. The molecule has 296 valence electrons. The highest BCUT2D eigenvalue weighted by molar-refractivity contribution is 5.78. The van der Waals surface area contributed by atoms with Gasteiger partial charge < -0.3 is 28.7 Å². The van der Waals surface area contributed by atoms with Crippen LogP contribution in [0.4, 0.5) is 22.7 Å². The molecule has 4 aliphatic heterocycles. The van der Waals surface area contributed by atoms with Crippen molar-refractivity contribution in [1.82, 2.24) is 0 Å². The predicted octanol–water partition coefficient (Wildman–Crippen LogP) is 10.9. The lowest BCUT2D eigenvalue weighted by Gasteiger charge is -2.48. The maximum atomic E-state index is 11.5. The Bertz CT molecular complexity index is 2500. The van der Waals surface area contributed by atoms with E-state index in [4.69, 9.17) is 18.9 Å². The van der Waals surface area contributed by atoms with Crippen LogP contribution in [-0.2, 0) is 23.9 Å². The van der Waals surface area contributed by atoms with Crippen molar-refractivity contribution < 1.29 is 24.2 Å². The van der Waals surface area contributed by atoms with E-state index in [2.05, 4.69) is 139 Å². The van der Waals surface area contributed by atoms with Crippen LogP contribution in [-0.4, -0.2) is 30.9 Å². The molecule has 5 aromatic carbocycles. The summed E-state index contributed by atoms with van der Waals surface area (Å²) in [5.74, 6) is 2.24. The number of hydrogen-bond donors (Lipinski definition) is 2. The van der Waals surface area contributed by atoms with Crippen molar-refractivity contribution in [1.29, 1.82) is 0 Å². The van der Waals surface area contributed by atoms with Gasteiger partial charge in [-0.25, -0.2) is 0 Å². The Hall–Kier alpha value is -6.26. The topological polar surface area (TPSA) is 105 Å². The van der Waals surface area contributed by atoms with E-state index >= 15 is 0 Å². The lowest BCUT2D eigenvalue weighted by atomic mass is 9.72. The summed E-state index contributed by atoms with van der Waals surface area (Å²) in [7, 11) is 3.20. The summed E-state index contributed by atoms with van der Waals surface area (Å²) in [6, 6.07) is 33.0. The van der Waals surface area contributed by atoms with Crippen LogP contribution in [0.2, 0.25) is 0 Å². The molecule has 4 unspecified atom stereocenters. The molecule has 0 saturated carbocycles. The molecule has 2 N–H and O–H groups in total. The van der Waals surface area contributed by atoms with Crippen molar-refractivity contribution >= 4 is 34.9 Å². The number of nitrogens with one attached hydrogen (secondary N) is 1. The number of methoxy groups -OCH3 is 2. The SMILES string of the molecule is CCC1(C)c2ccccc2N(Cc2ccc(CN3c4ccccc4C(C)(CC)C34C=Cc3cc(NO)cc(OC)c3O4)cc2)C12C=Cc1cc(N=O)cc(OC)c1O2. The molecule has 0 saturated heterocycles. The summed E-state index contributed by atoms with van der Waals surface area (Å²) in [5, 5.41) is 12.9. The molecule has 4 aliphatic rings. The number of nitroso groups, excluding NO2 is 1. The fourth-order valence-corrected chi connectivity index (χ4v) is 9.89. The van der Waals surface area contributed by atoms with Crippen LogP contribution in [0, 0.1) is 4.91 Å². The number of ether oxygens (including phenoxy) is 4. The van der Waals surface area contributed by atoms with Crippen molar-refractivity contribution in [2.75, 3.05) is 29.5 Å². The average molecular weight is 777 g/mol. The van der Waals surface area contributed by atoms with Gasteiger partial charge in [0.2, 0.25) is 11.4 Å². The number of fused-ring (bicyclic) bond motifs is 4. The van der Waals surface area contributed by atoms with E-state index in [0.717, 1.165) is 46.5 Å². The van der Waals surface area contributed by atoms with Gasteiger partial charge in [-0.1, -0.05) is 74.5 Å². The molecule has 5 aromatic rings. The van der Waals surface area contributed by atoms with Gasteiger partial charge in [0, 0.05) is 47.7 Å². The Morgan fingerprint density at radius 3 is 1.59 bits per heavy atom. The molecule has 0 aromatic heterocycles. The highest BCUT2D eigenvalue weighted by Gasteiger charge is 2.62. The zero-order chi connectivity index (χ0) is 40.5. The van der Waals surface area contributed by atoms with Gasteiger partial charge in [-0.2, -0.15) is 0 Å². The lowest BCUT2D eigenvalue weighted by Crippen LogP contribution is -2.60. The molecule has 0 radical (unpaired) electrons. The average Bonchev–Trinajstić information content (AvgIpc) is 3.59. The lowest BCUT2D eigenvalue weighted by molar-refractivity contribution is 0.0383. The molecule has 10 heteroatoms. The number of para-hydroxylation sites is 2. The van der Waals surface area contributed by atoms with E-state index in [1.807, 2.05) is 12.1 Å². The molecular weight excluding hydrogens is 729 g/mol. The van der Waals surface area contributed by atoms with Gasteiger partial charge in [-0.3, -0.25) is 10.7 Å². The van der Waals surface area contributed by atoms with E-state index in [1.165, 1.54) is 11.1 Å².